The van der Waals surface area contributed by atoms with E-state index < -0.39 is 0 Å². The zero-order valence-electron chi connectivity index (χ0n) is 16.9. The molecule has 2 aliphatic rings. The van der Waals surface area contributed by atoms with Crippen LogP contribution in [-0.2, 0) is 11.3 Å². The lowest BCUT2D eigenvalue weighted by Gasteiger charge is -2.38. The van der Waals surface area contributed by atoms with E-state index in [4.69, 9.17) is 9.47 Å². The fourth-order valence-corrected chi connectivity index (χ4v) is 4.07. The average molecular weight is 376 g/mol. The molecule has 2 saturated heterocycles. The van der Waals surface area contributed by atoms with Gasteiger partial charge < -0.3 is 14.4 Å². The largest absolute Gasteiger partial charge is 0.497 e. The normalized spacial score (nSPS) is 21.9. The van der Waals surface area contributed by atoms with Crippen LogP contribution >= 0.6 is 0 Å². The van der Waals surface area contributed by atoms with Gasteiger partial charge in [-0.25, -0.2) is 0 Å². The Morgan fingerprint density at radius 3 is 2.19 bits per heavy atom. The summed E-state index contributed by atoms with van der Waals surface area (Å²) in [6.45, 7) is 8.37. The van der Waals surface area contributed by atoms with Crippen LogP contribution < -0.4 is 9.47 Å². The number of rotatable bonds is 6. The topological polar surface area (TPSA) is 45.2 Å². The molecule has 0 radical (unpaired) electrons. The molecule has 6 heteroatoms. The lowest BCUT2D eigenvalue weighted by molar-refractivity contribution is -0.136. The van der Waals surface area contributed by atoms with Crippen LogP contribution in [0.15, 0.2) is 18.2 Å². The standard InChI is InChI=1S/C21H33N3O3/c1-17-6-4-5-7-24(17)21(25)16-23-10-8-22(9-11-23)15-18-12-19(26-2)14-20(13-18)27-3/h12-14,17H,4-11,15-16H2,1-3H3. The summed E-state index contributed by atoms with van der Waals surface area (Å²) in [5, 5.41) is 0. The quantitative estimate of drug-likeness (QED) is 0.763. The number of methoxy groups -OCH3 is 2. The van der Waals surface area contributed by atoms with Gasteiger partial charge in [0.25, 0.3) is 0 Å². The number of piperidine rings is 1. The van der Waals surface area contributed by atoms with Gasteiger partial charge in [0, 0.05) is 51.4 Å². The highest BCUT2D eigenvalue weighted by Gasteiger charge is 2.26. The Kier molecular flexibility index (Phi) is 6.96. The van der Waals surface area contributed by atoms with Crippen molar-refractivity contribution in [2.24, 2.45) is 0 Å². The second-order valence-electron chi connectivity index (χ2n) is 7.71. The van der Waals surface area contributed by atoms with E-state index in [0.717, 1.165) is 63.6 Å². The van der Waals surface area contributed by atoms with Crippen LogP contribution in [-0.4, -0.2) is 80.1 Å². The maximum atomic E-state index is 12.6. The fourth-order valence-electron chi connectivity index (χ4n) is 4.07. The van der Waals surface area contributed by atoms with Crippen molar-refractivity contribution >= 4 is 5.91 Å². The van der Waals surface area contributed by atoms with Gasteiger partial charge in [0.15, 0.2) is 0 Å². The van der Waals surface area contributed by atoms with Crippen LogP contribution in [0.1, 0.15) is 31.7 Å². The summed E-state index contributed by atoms with van der Waals surface area (Å²) in [7, 11) is 3.36. The van der Waals surface area contributed by atoms with Crippen LogP contribution in [0.25, 0.3) is 0 Å². The highest BCUT2D eigenvalue weighted by Crippen LogP contribution is 2.24. The van der Waals surface area contributed by atoms with Crippen molar-refractivity contribution in [2.75, 3.05) is 53.5 Å². The first kappa shape index (κ1) is 20.0. The molecule has 1 aromatic carbocycles. The number of likely N-dealkylation sites (tertiary alicyclic amines) is 1. The Hall–Kier alpha value is -1.79. The highest BCUT2D eigenvalue weighted by atomic mass is 16.5. The van der Waals surface area contributed by atoms with E-state index in [9.17, 15) is 4.79 Å². The third-order valence-corrected chi connectivity index (χ3v) is 5.76. The molecule has 1 unspecified atom stereocenters. The Labute approximate surface area is 163 Å². The van der Waals surface area contributed by atoms with Crippen LogP contribution in [0.2, 0.25) is 0 Å². The molecule has 150 valence electrons. The molecule has 27 heavy (non-hydrogen) atoms. The van der Waals surface area contributed by atoms with E-state index in [-0.39, 0.29) is 0 Å². The molecular formula is C21H33N3O3. The predicted molar refractivity (Wildman–Crippen MR) is 106 cm³/mol. The van der Waals surface area contributed by atoms with Gasteiger partial charge in [-0.15, -0.1) is 0 Å². The van der Waals surface area contributed by atoms with E-state index >= 15 is 0 Å². The van der Waals surface area contributed by atoms with Gasteiger partial charge in [-0.3, -0.25) is 14.6 Å². The van der Waals surface area contributed by atoms with Crippen molar-refractivity contribution in [3.05, 3.63) is 23.8 Å². The first-order valence-corrected chi connectivity index (χ1v) is 10.0. The van der Waals surface area contributed by atoms with Gasteiger partial charge in [0.1, 0.15) is 11.5 Å². The van der Waals surface area contributed by atoms with E-state index in [2.05, 4.69) is 33.8 Å². The molecule has 2 heterocycles. The molecule has 1 atom stereocenters. The number of hydrogen-bond acceptors (Lipinski definition) is 5. The van der Waals surface area contributed by atoms with Crippen molar-refractivity contribution in [3.63, 3.8) is 0 Å². The van der Waals surface area contributed by atoms with Crippen LogP contribution in [0, 0.1) is 0 Å². The number of hydrogen-bond donors (Lipinski definition) is 0. The SMILES string of the molecule is COc1cc(CN2CCN(CC(=O)N3CCCCC3C)CC2)cc(OC)c1. The average Bonchev–Trinajstić information content (AvgIpc) is 2.69. The summed E-state index contributed by atoms with van der Waals surface area (Å²) in [4.78, 5) is 19.4. The van der Waals surface area contributed by atoms with E-state index in [1.54, 1.807) is 14.2 Å². The summed E-state index contributed by atoms with van der Waals surface area (Å²) in [6, 6.07) is 6.43. The van der Waals surface area contributed by atoms with Crippen molar-refractivity contribution in [1.82, 2.24) is 14.7 Å². The molecule has 3 rings (SSSR count). The lowest BCUT2D eigenvalue weighted by Crippen LogP contribution is -2.51. The minimum Gasteiger partial charge on any atom is -0.497 e. The fraction of sp³-hybridized carbons (Fsp3) is 0.667. The van der Waals surface area contributed by atoms with Crippen LogP contribution in [0.3, 0.4) is 0 Å². The smallest absolute Gasteiger partial charge is 0.236 e. The second-order valence-corrected chi connectivity index (χ2v) is 7.71. The molecule has 0 N–H and O–H groups in total. The highest BCUT2D eigenvalue weighted by molar-refractivity contribution is 5.78. The summed E-state index contributed by atoms with van der Waals surface area (Å²) in [6.07, 6.45) is 3.54. The Morgan fingerprint density at radius 1 is 0.963 bits per heavy atom. The van der Waals surface area contributed by atoms with Crippen molar-refractivity contribution in [2.45, 2.75) is 38.8 Å². The number of piperazine rings is 1. The Morgan fingerprint density at radius 2 is 1.59 bits per heavy atom. The van der Waals surface area contributed by atoms with Gasteiger partial charge >= 0.3 is 0 Å². The van der Waals surface area contributed by atoms with Gasteiger partial charge in [0.2, 0.25) is 5.91 Å². The molecular weight excluding hydrogens is 342 g/mol. The van der Waals surface area contributed by atoms with Gasteiger partial charge in [-0.05, 0) is 43.9 Å². The molecule has 1 amide bonds. The first-order valence-electron chi connectivity index (χ1n) is 10.0. The lowest BCUT2D eigenvalue weighted by atomic mass is 10.0. The summed E-state index contributed by atoms with van der Waals surface area (Å²) >= 11 is 0. The number of ether oxygens (including phenoxy) is 2. The number of amides is 1. The zero-order chi connectivity index (χ0) is 19.2. The Balaban J connectivity index is 1.48. The maximum Gasteiger partial charge on any atom is 0.236 e. The van der Waals surface area contributed by atoms with Gasteiger partial charge in [-0.1, -0.05) is 0 Å². The van der Waals surface area contributed by atoms with Crippen molar-refractivity contribution < 1.29 is 14.3 Å². The van der Waals surface area contributed by atoms with Crippen LogP contribution in [0.4, 0.5) is 0 Å². The van der Waals surface area contributed by atoms with E-state index in [1.807, 2.05) is 6.07 Å². The molecule has 0 saturated carbocycles. The van der Waals surface area contributed by atoms with Gasteiger partial charge in [0.05, 0.1) is 20.8 Å². The number of carbonyl (C=O) groups excluding carboxylic acids is 1. The molecule has 0 aliphatic carbocycles. The van der Waals surface area contributed by atoms with E-state index in [0.29, 0.717) is 18.5 Å². The van der Waals surface area contributed by atoms with E-state index in [1.165, 1.54) is 12.0 Å². The van der Waals surface area contributed by atoms with Crippen LogP contribution in [0.5, 0.6) is 11.5 Å². The number of benzene rings is 1. The van der Waals surface area contributed by atoms with Crippen molar-refractivity contribution in [3.8, 4) is 11.5 Å². The monoisotopic (exact) mass is 375 g/mol. The maximum absolute atomic E-state index is 12.6. The third-order valence-electron chi connectivity index (χ3n) is 5.76. The number of nitrogens with zero attached hydrogens (tertiary/aromatic N) is 3. The molecule has 0 spiro atoms. The van der Waals surface area contributed by atoms with Crippen molar-refractivity contribution in [1.29, 1.82) is 0 Å². The predicted octanol–water partition coefficient (Wildman–Crippen LogP) is 2.22. The molecule has 2 aliphatic heterocycles. The number of carbonyl (C=O) groups is 1. The summed E-state index contributed by atoms with van der Waals surface area (Å²) < 4.78 is 10.7. The molecule has 2 fully saturated rings. The summed E-state index contributed by atoms with van der Waals surface area (Å²) in [5.41, 5.74) is 1.19. The third kappa shape index (κ3) is 5.36. The minimum atomic E-state index is 0.299. The second kappa shape index (κ2) is 9.42. The summed E-state index contributed by atoms with van der Waals surface area (Å²) in [5.74, 6) is 1.95. The molecule has 6 nitrogen and oxygen atoms in total. The zero-order valence-corrected chi connectivity index (χ0v) is 16.9. The Bertz CT molecular complexity index is 607. The molecule has 1 aromatic rings. The molecule has 0 bridgehead atoms. The minimum absolute atomic E-state index is 0.299. The molecule has 0 aromatic heterocycles. The first-order chi connectivity index (χ1) is 13.1. The van der Waals surface area contributed by atoms with Gasteiger partial charge in [-0.2, -0.15) is 0 Å².